The summed E-state index contributed by atoms with van der Waals surface area (Å²) in [5.41, 5.74) is 2.33. The SMILES string of the molecule is CC(C)c1noc(C2CN(C(=O)CC(c3ccccc3)c3ccccc3)C2)n1. The normalized spacial score (nSPS) is 14.5. The summed E-state index contributed by atoms with van der Waals surface area (Å²) in [5.74, 6) is 1.99. The molecule has 0 radical (unpaired) electrons. The minimum atomic E-state index is 0.0601. The molecule has 0 saturated carbocycles. The van der Waals surface area contributed by atoms with Crippen LogP contribution in [0.5, 0.6) is 0 Å². The zero-order chi connectivity index (χ0) is 19.5. The number of carbonyl (C=O) groups excluding carboxylic acids is 1. The van der Waals surface area contributed by atoms with Crippen LogP contribution in [0.2, 0.25) is 0 Å². The van der Waals surface area contributed by atoms with Gasteiger partial charge in [0.25, 0.3) is 0 Å². The molecule has 1 fully saturated rings. The number of hydrogen-bond donors (Lipinski definition) is 0. The maximum Gasteiger partial charge on any atom is 0.233 e. The Morgan fingerprint density at radius 2 is 1.61 bits per heavy atom. The summed E-state index contributed by atoms with van der Waals surface area (Å²) < 4.78 is 5.38. The molecular weight excluding hydrogens is 350 g/mol. The van der Waals surface area contributed by atoms with Gasteiger partial charge in [-0.25, -0.2) is 0 Å². The Kier molecular flexibility index (Phi) is 5.24. The van der Waals surface area contributed by atoms with Crippen LogP contribution in [0.1, 0.15) is 60.9 Å². The summed E-state index contributed by atoms with van der Waals surface area (Å²) in [6.45, 7) is 5.38. The molecule has 1 saturated heterocycles. The summed E-state index contributed by atoms with van der Waals surface area (Å²) in [6.07, 6.45) is 0.460. The van der Waals surface area contributed by atoms with Crippen molar-refractivity contribution >= 4 is 5.91 Å². The second kappa shape index (κ2) is 7.97. The van der Waals surface area contributed by atoms with Crippen molar-refractivity contribution in [3.05, 3.63) is 83.5 Å². The van der Waals surface area contributed by atoms with E-state index in [9.17, 15) is 4.79 Å². The van der Waals surface area contributed by atoms with E-state index in [0.29, 0.717) is 25.4 Å². The van der Waals surface area contributed by atoms with Crippen LogP contribution < -0.4 is 0 Å². The monoisotopic (exact) mass is 375 g/mol. The molecule has 5 nitrogen and oxygen atoms in total. The number of carbonyl (C=O) groups is 1. The zero-order valence-electron chi connectivity index (χ0n) is 16.3. The van der Waals surface area contributed by atoms with Crippen molar-refractivity contribution in [3.63, 3.8) is 0 Å². The predicted molar refractivity (Wildman–Crippen MR) is 107 cm³/mol. The molecule has 0 bridgehead atoms. The molecule has 1 amide bonds. The first-order chi connectivity index (χ1) is 13.6. The number of rotatable bonds is 6. The van der Waals surface area contributed by atoms with Crippen molar-refractivity contribution in [2.75, 3.05) is 13.1 Å². The van der Waals surface area contributed by atoms with E-state index in [1.807, 2.05) is 55.1 Å². The Hall–Kier alpha value is -2.95. The zero-order valence-corrected chi connectivity index (χ0v) is 16.3. The molecule has 4 rings (SSSR count). The first kappa shape index (κ1) is 18.4. The third kappa shape index (κ3) is 3.84. The van der Waals surface area contributed by atoms with Gasteiger partial charge >= 0.3 is 0 Å². The average Bonchev–Trinajstić information content (AvgIpc) is 3.16. The lowest BCUT2D eigenvalue weighted by molar-refractivity contribution is -0.136. The van der Waals surface area contributed by atoms with Gasteiger partial charge in [-0.1, -0.05) is 79.7 Å². The lowest BCUT2D eigenvalue weighted by Crippen LogP contribution is -2.49. The van der Waals surface area contributed by atoms with Gasteiger partial charge in [0.1, 0.15) is 0 Å². The van der Waals surface area contributed by atoms with Crippen molar-refractivity contribution in [1.29, 1.82) is 0 Å². The molecule has 0 aliphatic carbocycles. The predicted octanol–water partition coefficient (Wildman–Crippen LogP) is 4.34. The van der Waals surface area contributed by atoms with Gasteiger partial charge in [0.2, 0.25) is 11.8 Å². The molecule has 0 spiro atoms. The van der Waals surface area contributed by atoms with Crippen molar-refractivity contribution in [1.82, 2.24) is 15.0 Å². The number of hydrogen-bond acceptors (Lipinski definition) is 4. The van der Waals surface area contributed by atoms with Gasteiger partial charge in [-0.3, -0.25) is 4.79 Å². The van der Waals surface area contributed by atoms with Crippen molar-refractivity contribution in [3.8, 4) is 0 Å². The molecular formula is C23H25N3O2. The molecule has 28 heavy (non-hydrogen) atoms. The van der Waals surface area contributed by atoms with Crippen molar-refractivity contribution in [2.45, 2.75) is 38.0 Å². The van der Waals surface area contributed by atoms with Crippen LogP contribution in [0.15, 0.2) is 65.2 Å². The fourth-order valence-corrected chi connectivity index (χ4v) is 3.59. The summed E-state index contributed by atoms with van der Waals surface area (Å²) >= 11 is 0. The molecule has 144 valence electrons. The minimum absolute atomic E-state index is 0.0601. The van der Waals surface area contributed by atoms with Gasteiger partial charge in [-0.05, 0) is 11.1 Å². The topological polar surface area (TPSA) is 59.2 Å². The number of aromatic nitrogens is 2. The second-order valence-corrected chi connectivity index (χ2v) is 7.72. The standard InChI is InChI=1S/C23H25N3O2/c1-16(2)22-24-23(28-25-22)19-14-26(15-19)21(27)13-20(17-9-5-3-6-10-17)18-11-7-4-8-12-18/h3-12,16,19-20H,13-15H2,1-2H3. The molecule has 2 aromatic carbocycles. The molecule has 0 unspecified atom stereocenters. The maximum atomic E-state index is 12.9. The van der Waals surface area contributed by atoms with Crippen LogP contribution in [0.3, 0.4) is 0 Å². The van der Waals surface area contributed by atoms with E-state index in [4.69, 9.17) is 4.52 Å². The first-order valence-electron chi connectivity index (χ1n) is 9.83. The van der Waals surface area contributed by atoms with Crippen LogP contribution in [0, 0.1) is 0 Å². The molecule has 1 aromatic heterocycles. The van der Waals surface area contributed by atoms with E-state index >= 15 is 0 Å². The largest absolute Gasteiger partial charge is 0.341 e. The molecule has 1 aliphatic heterocycles. The van der Waals surface area contributed by atoms with Gasteiger partial charge < -0.3 is 9.42 Å². The Labute approximate surface area is 165 Å². The van der Waals surface area contributed by atoms with Crippen molar-refractivity contribution < 1.29 is 9.32 Å². The van der Waals surface area contributed by atoms with Crippen LogP contribution >= 0.6 is 0 Å². The summed E-state index contributed by atoms with van der Waals surface area (Å²) in [4.78, 5) is 19.3. The van der Waals surface area contributed by atoms with E-state index in [0.717, 1.165) is 17.0 Å². The first-order valence-corrected chi connectivity index (χ1v) is 9.83. The molecule has 0 atom stereocenters. The van der Waals surface area contributed by atoms with Crippen molar-refractivity contribution in [2.24, 2.45) is 0 Å². The Morgan fingerprint density at radius 3 is 2.11 bits per heavy atom. The minimum Gasteiger partial charge on any atom is -0.341 e. The highest BCUT2D eigenvalue weighted by Gasteiger charge is 2.36. The molecule has 3 aromatic rings. The fraction of sp³-hybridized carbons (Fsp3) is 0.348. The highest BCUT2D eigenvalue weighted by molar-refractivity contribution is 5.78. The van der Waals surface area contributed by atoms with Gasteiger partial charge in [0.05, 0.1) is 5.92 Å². The van der Waals surface area contributed by atoms with Gasteiger partial charge in [-0.2, -0.15) is 4.98 Å². The average molecular weight is 375 g/mol. The smallest absolute Gasteiger partial charge is 0.233 e. The molecule has 2 heterocycles. The van der Waals surface area contributed by atoms with E-state index in [1.54, 1.807) is 0 Å². The van der Waals surface area contributed by atoms with Crippen LogP contribution in [-0.4, -0.2) is 34.0 Å². The number of likely N-dealkylation sites (tertiary alicyclic amines) is 1. The van der Waals surface area contributed by atoms with E-state index in [1.165, 1.54) is 0 Å². The van der Waals surface area contributed by atoms with Crippen LogP contribution in [-0.2, 0) is 4.79 Å². The number of nitrogens with zero attached hydrogens (tertiary/aromatic N) is 3. The lowest BCUT2D eigenvalue weighted by atomic mass is 9.87. The third-order valence-electron chi connectivity index (χ3n) is 5.34. The fourth-order valence-electron chi connectivity index (χ4n) is 3.59. The third-order valence-corrected chi connectivity index (χ3v) is 5.34. The molecule has 1 aliphatic rings. The molecule has 0 N–H and O–H groups in total. The number of benzene rings is 2. The van der Waals surface area contributed by atoms with Gasteiger partial charge in [0, 0.05) is 31.3 Å². The Balaban J connectivity index is 1.43. The van der Waals surface area contributed by atoms with Gasteiger partial charge in [-0.15, -0.1) is 0 Å². The Morgan fingerprint density at radius 1 is 1.04 bits per heavy atom. The van der Waals surface area contributed by atoms with E-state index < -0.39 is 0 Å². The summed E-state index contributed by atoms with van der Waals surface area (Å²) in [7, 11) is 0. The van der Waals surface area contributed by atoms with Gasteiger partial charge in [0.15, 0.2) is 5.82 Å². The van der Waals surface area contributed by atoms with Crippen LogP contribution in [0.25, 0.3) is 0 Å². The lowest BCUT2D eigenvalue weighted by Gasteiger charge is -2.38. The number of amides is 1. The second-order valence-electron chi connectivity index (χ2n) is 7.72. The Bertz CT molecular complexity index is 876. The van der Waals surface area contributed by atoms with Crippen LogP contribution in [0.4, 0.5) is 0 Å². The highest BCUT2D eigenvalue weighted by Crippen LogP contribution is 2.32. The van der Waals surface area contributed by atoms with E-state index in [2.05, 4.69) is 34.4 Å². The summed E-state index contributed by atoms with van der Waals surface area (Å²) in [5, 5.41) is 4.03. The highest BCUT2D eigenvalue weighted by atomic mass is 16.5. The maximum absolute atomic E-state index is 12.9. The quantitative estimate of drug-likeness (QED) is 0.643. The van der Waals surface area contributed by atoms with E-state index in [-0.39, 0.29) is 23.7 Å². The molecule has 5 heteroatoms. The summed E-state index contributed by atoms with van der Waals surface area (Å²) in [6, 6.07) is 20.5.